The van der Waals surface area contributed by atoms with E-state index in [1.807, 2.05) is 17.8 Å². The van der Waals surface area contributed by atoms with Crippen LogP contribution in [0, 0.1) is 13.8 Å². The summed E-state index contributed by atoms with van der Waals surface area (Å²) >= 11 is 0. The van der Waals surface area contributed by atoms with E-state index >= 15 is 0 Å². The standard InChI is InChI=1S/C19H29N5.HI/c1-6-20-19(23(4)14-17-10-8-7-9-11-17)21-13-12-18-15(2)22-24(5)16(18)3;/h7-11H,6,12-14H2,1-5H3,(H,20,21);1H. The van der Waals surface area contributed by atoms with Gasteiger partial charge < -0.3 is 10.2 Å². The van der Waals surface area contributed by atoms with E-state index in [0.717, 1.165) is 37.7 Å². The van der Waals surface area contributed by atoms with Crippen molar-refractivity contribution in [2.75, 3.05) is 20.1 Å². The Hall–Kier alpha value is -1.57. The number of guanidine groups is 1. The third-order valence-corrected chi connectivity index (χ3v) is 4.24. The molecule has 0 saturated heterocycles. The van der Waals surface area contributed by atoms with Crippen molar-refractivity contribution in [3.8, 4) is 0 Å². The number of nitrogens with one attached hydrogen (secondary N) is 1. The zero-order chi connectivity index (χ0) is 17.5. The maximum absolute atomic E-state index is 4.79. The van der Waals surface area contributed by atoms with Crippen LogP contribution in [0.15, 0.2) is 35.3 Å². The molecule has 5 nitrogen and oxygen atoms in total. The Balaban J connectivity index is 0.00000312. The molecular weight excluding hydrogens is 425 g/mol. The molecule has 1 aromatic carbocycles. The third kappa shape index (κ3) is 6.02. The minimum Gasteiger partial charge on any atom is -0.357 e. The van der Waals surface area contributed by atoms with E-state index < -0.39 is 0 Å². The number of aryl methyl sites for hydroxylation is 2. The zero-order valence-electron chi connectivity index (χ0n) is 15.9. The summed E-state index contributed by atoms with van der Waals surface area (Å²) in [5, 5.41) is 7.86. The maximum atomic E-state index is 4.79. The molecule has 0 fully saturated rings. The van der Waals surface area contributed by atoms with E-state index in [1.54, 1.807) is 0 Å². The molecule has 0 radical (unpaired) electrons. The van der Waals surface area contributed by atoms with Crippen molar-refractivity contribution in [2.24, 2.45) is 12.0 Å². The van der Waals surface area contributed by atoms with Crippen LogP contribution in [0.5, 0.6) is 0 Å². The number of rotatable bonds is 6. The van der Waals surface area contributed by atoms with Gasteiger partial charge in [0.05, 0.1) is 5.69 Å². The van der Waals surface area contributed by atoms with Crippen LogP contribution in [0.3, 0.4) is 0 Å². The third-order valence-electron chi connectivity index (χ3n) is 4.24. The predicted molar refractivity (Wildman–Crippen MR) is 116 cm³/mol. The molecule has 2 rings (SSSR count). The van der Waals surface area contributed by atoms with Gasteiger partial charge in [-0.3, -0.25) is 9.67 Å². The van der Waals surface area contributed by atoms with Crippen LogP contribution in [-0.2, 0) is 20.0 Å². The average Bonchev–Trinajstić information content (AvgIpc) is 2.81. The van der Waals surface area contributed by atoms with Crippen molar-refractivity contribution < 1.29 is 0 Å². The highest BCUT2D eigenvalue weighted by Gasteiger charge is 2.10. The fraction of sp³-hybridized carbons (Fsp3) is 0.474. The molecule has 0 bridgehead atoms. The predicted octanol–water partition coefficient (Wildman–Crippen LogP) is 3.29. The summed E-state index contributed by atoms with van der Waals surface area (Å²) < 4.78 is 1.95. The zero-order valence-corrected chi connectivity index (χ0v) is 18.2. The number of aromatic nitrogens is 2. The highest BCUT2D eigenvalue weighted by molar-refractivity contribution is 14.0. The van der Waals surface area contributed by atoms with Gasteiger partial charge in [-0.05, 0) is 38.3 Å². The Morgan fingerprint density at radius 2 is 1.92 bits per heavy atom. The van der Waals surface area contributed by atoms with Crippen LogP contribution >= 0.6 is 24.0 Å². The summed E-state index contributed by atoms with van der Waals surface area (Å²) in [5.41, 5.74) is 4.92. The lowest BCUT2D eigenvalue weighted by Crippen LogP contribution is -2.38. The molecule has 2 aromatic rings. The van der Waals surface area contributed by atoms with Crippen LogP contribution in [0.2, 0.25) is 0 Å². The van der Waals surface area contributed by atoms with Crippen molar-refractivity contribution in [1.29, 1.82) is 0 Å². The van der Waals surface area contributed by atoms with Crippen LogP contribution in [-0.4, -0.2) is 40.8 Å². The first-order valence-electron chi connectivity index (χ1n) is 8.55. The fourth-order valence-electron chi connectivity index (χ4n) is 2.85. The van der Waals surface area contributed by atoms with Gasteiger partial charge >= 0.3 is 0 Å². The SMILES string of the molecule is CCNC(=NCCc1c(C)nn(C)c1C)N(C)Cc1ccccc1.I. The number of benzene rings is 1. The van der Waals surface area contributed by atoms with E-state index in [4.69, 9.17) is 4.99 Å². The molecule has 0 unspecified atom stereocenters. The molecule has 0 atom stereocenters. The molecule has 0 amide bonds. The summed E-state index contributed by atoms with van der Waals surface area (Å²) in [5.74, 6) is 0.945. The Bertz CT molecular complexity index is 679. The minimum absolute atomic E-state index is 0. The summed E-state index contributed by atoms with van der Waals surface area (Å²) in [6.07, 6.45) is 0.916. The van der Waals surface area contributed by atoms with Gasteiger partial charge in [0, 0.05) is 39.4 Å². The van der Waals surface area contributed by atoms with E-state index in [0.29, 0.717) is 0 Å². The molecule has 1 N–H and O–H groups in total. The summed E-state index contributed by atoms with van der Waals surface area (Å²) in [7, 11) is 4.07. The second kappa shape index (κ2) is 10.4. The second-order valence-corrected chi connectivity index (χ2v) is 6.10. The molecule has 25 heavy (non-hydrogen) atoms. The highest BCUT2D eigenvalue weighted by Crippen LogP contribution is 2.12. The number of halogens is 1. The van der Waals surface area contributed by atoms with Crippen LogP contribution in [0.25, 0.3) is 0 Å². The number of hydrogen-bond acceptors (Lipinski definition) is 2. The molecule has 0 aliphatic carbocycles. The second-order valence-electron chi connectivity index (χ2n) is 6.10. The topological polar surface area (TPSA) is 45.5 Å². The normalized spacial score (nSPS) is 11.2. The van der Waals surface area contributed by atoms with Gasteiger partial charge in [0.15, 0.2) is 5.96 Å². The first-order chi connectivity index (χ1) is 11.5. The molecule has 0 aliphatic heterocycles. The van der Waals surface area contributed by atoms with Gasteiger partial charge in [-0.1, -0.05) is 30.3 Å². The Kier molecular flexibility index (Phi) is 8.96. The van der Waals surface area contributed by atoms with Gasteiger partial charge in [0.25, 0.3) is 0 Å². The summed E-state index contributed by atoms with van der Waals surface area (Å²) in [6.45, 7) is 8.75. The van der Waals surface area contributed by atoms with Crippen LogP contribution in [0.4, 0.5) is 0 Å². The smallest absolute Gasteiger partial charge is 0.193 e. The monoisotopic (exact) mass is 455 g/mol. The largest absolute Gasteiger partial charge is 0.357 e. The molecule has 1 heterocycles. The molecule has 0 saturated carbocycles. The van der Waals surface area contributed by atoms with E-state index in [2.05, 4.69) is 67.4 Å². The molecule has 6 heteroatoms. The van der Waals surface area contributed by atoms with Gasteiger partial charge in [-0.25, -0.2) is 0 Å². The van der Waals surface area contributed by atoms with Crippen molar-refractivity contribution in [3.63, 3.8) is 0 Å². The van der Waals surface area contributed by atoms with E-state index in [1.165, 1.54) is 16.8 Å². The lowest BCUT2D eigenvalue weighted by Gasteiger charge is -2.22. The van der Waals surface area contributed by atoms with Gasteiger partial charge in [-0.2, -0.15) is 5.10 Å². The molecule has 1 aromatic heterocycles. The molecular formula is C19H30IN5. The van der Waals surface area contributed by atoms with Gasteiger partial charge in [0.2, 0.25) is 0 Å². The first-order valence-corrected chi connectivity index (χ1v) is 8.55. The van der Waals surface area contributed by atoms with Crippen LogP contribution < -0.4 is 5.32 Å². The lowest BCUT2D eigenvalue weighted by atomic mass is 10.1. The van der Waals surface area contributed by atoms with Gasteiger partial charge in [0.1, 0.15) is 0 Å². The number of hydrogen-bond donors (Lipinski definition) is 1. The van der Waals surface area contributed by atoms with Crippen molar-refractivity contribution in [1.82, 2.24) is 20.0 Å². The van der Waals surface area contributed by atoms with Crippen molar-refractivity contribution >= 4 is 29.9 Å². The van der Waals surface area contributed by atoms with Gasteiger partial charge in [-0.15, -0.1) is 24.0 Å². The number of aliphatic imine (C=N–C) groups is 1. The first kappa shape index (κ1) is 21.5. The van der Waals surface area contributed by atoms with E-state index in [9.17, 15) is 0 Å². The fourth-order valence-corrected chi connectivity index (χ4v) is 2.85. The molecule has 138 valence electrons. The minimum atomic E-state index is 0. The molecule has 0 spiro atoms. The maximum Gasteiger partial charge on any atom is 0.193 e. The van der Waals surface area contributed by atoms with E-state index in [-0.39, 0.29) is 24.0 Å². The van der Waals surface area contributed by atoms with Crippen molar-refractivity contribution in [2.45, 2.75) is 33.7 Å². The summed E-state index contributed by atoms with van der Waals surface area (Å²) in [4.78, 5) is 6.96. The highest BCUT2D eigenvalue weighted by atomic mass is 127. The average molecular weight is 455 g/mol. The Morgan fingerprint density at radius 3 is 2.48 bits per heavy atom. The number of nitrogens with zero attached hydrogens (tertiary/aromatic N) is 4. The lowest BCUT2D eigenvalue weighted by molar-refractivity contribution is 0.477. The quantitative estimate of drug-likeness (QED) is 0.413. The Morgan fingerprint density at radius 1 is 1.24 bits per heavy atom. The summed E-state index contributed by atoms with van der Waals surface area (Å²) in [6, 6.07) is 10.5. The Labute approximate surface area is 168 Å². The van der Waals surface area contributed by atoms with Crippen LogP contribution in [0.1, 0.15) is 29.4 Å². The molecule has 0 aliphatic rings. The van der Waals surface area contributed by atoms with Crippen molar-refractivity contribution in [3.05, 3.63) is 52.8 Å².